The third kappa shape index (κ3) is 4.27. The van der Waals surface area contributed by atoms with E-state index < -0.39 is 17.7 Å². The molecule has 0 saturated carbocycles. The number of amides is 3. The van der Waals surface area contributed by atoms with Gasteiger partial charge in [-0.05, 0) is 31.2 Å². The summed E-state index contributed by atoms with van der Waals surface area (Å²) in [5.74, 6) is -1.52. The fourth-order valence-electron chi connectivity index (χ4n) is 2.51. The maximum absolute atomic E-state index is 12.2. The molecule has 0 radical (unpaired) electrons. The number of para-hydroxylation sites is 1. The zero-order valence-electron chi connectivity index (χ0n) is 14.3. The molecule has 1 heterocycles. The number of rotatable bonds is 4. The van der Waals surface area contributed by atoms with Crippen LogP contribution in [0, 0.1) is 6.92 Å². The lowest BCUT2D eigenvalue weighted by Gasteiger charge is -2.08. The highest BCUT2D eigenvalue weighted by Crippen LogP contribution is 2.24. The quantitative estimate of drug-likeness (QED) is 0.601. The van der Waals surface area contributed by atoms with Crippen LogP contribution in [0.3, 0.4) is 0 Å². The lowest BCUT2D eigenvalue weighted by atomic mass is 10.1. The first-order valence-corrected chi connectivity index (χ1v) is 8.44. The molecule has 0 aliphatic carbocycles. The summed E-state index contributed by atoms with van der Waals surface area (Å²) in [5.41, 5.74) is 6.09. The summed E-state index contributed by atoms with van der Waals surface area (Å²) in [7, 11) is 0. The van der Waals surface area contributed by atoms with E-state index >= 15 is 0 Å². The number of carbonyl (C=O) groups is 3. The van der Waals surface area contributed by atoms with Crippen molar-refractivity contribution in [3.05, 3.63) is 70.4 Å². The lowest BCUT2D eigenvalue weighted by Crippen LogP contribution is -2.46. The fourth-order valence-corrected chi connectivity index (χ4v) is 2.70. The second-order valence-electron chi connectivity index (χ2n) is 5.75. The van der Waals surface area contributed by atoms with Crippen LogP contribution in [-0.4, -0.2) is 24.3 Å². The Morgan fingerprint density at radius 3 is 2.52 bits per heavy atom. The molecule has 3 aromatic rings. The highest BCUT2D eigenvalue weighted by molar-refractivity contribution is 6.31. The van der Waals surface area contributed by atoms with E-state index in [4.69, 9.17) is 16.0 Å². The minimum atomic E-state index is -0.590. The Labute approximate surface area is 159 Å². The van der Waals surface area contributed by atoms with Crippen LogP contribution in [0.1, 0.15) is 26.5 Å². The lowest BCUT2D eigenvalue weighted by molar-refractivity contribution is -0.120. The number of nitrogens with one attached hydrogen (secondary N) is 3. The van der Waals surface area contributed by atoms with Crippen LogP contribution < -0.4 is 16.2 Å². The van der Waals surface area contributed by atoms with Gasteiger partial charge in [-0.3, -0.25) is 25.2 Å². The van der Waals surface area contributed by atoms with E-state index in [9.17, 15) is 14.4 Å². The Balaban J connectivity index is 1.53. The van der Waals surface area contributed by atoms with Crippen molar-refractivity contribution in [3.8, 4) is 0 Å². The van der Waals surface area contributed by atoms with Gasteiger partial charge in [0.25, 0.3) is 11.8 Å². The van der Waals surface area contributed by atoms with Gasteiger partial charge in [-0.1, -0.05) is 35.9 Å². The second kappa shape index (κ2) is 7.92. The molecule has 3 rings (SSSR count). The molecule has 0 bridgehead atoms. The van der Waals surface area contributed by atoms with Crippen molar-refractivity contribution in [1.29, 1.82) is 0 Å². The summed E-state index contributed by atoms with van der Waals surface area (Å²) in [5, 5.41) is 3.68. The number of benzene rings is 2. The molecular weight excluding hydrogens is 370 g/mol. The minimum absolute atomic E-state index is 0.111. The maximum atomic E-state index is 12.2. The molecule has 0 fully saturated rings. The monoisotopic (exact) mass is 385 g/mol. The summed E-state index contributed by atoms with van der Waals surface area (Å²) >= 11 is 5.82. The van der Waals surface area contributed by atoms with Crippen LogP contribution in [-0.2, 0) is 4.79 Å². The van der Waals surface area contributed by atoms with Crippen LogP contribution in [0.5, 0.6) is 0 Å². The van der Waals surface area contributed by atoms with Gasteiger partial charge in [-0.2, -0.15) is 0 Å². The third-order valence-electron chi connectivity index (χ3n) is 3.86. The summed E-state index contributed by atoms with van der Waals surface area (Å²) < 4.78 is 5.51. The summed E-state index contributed by atoms with van der Waals surface area (Å²) in [6.45, 7) is 1.44. The smallest absolute Gasteiger partial charge is 0.305 e. The number of halogens is 1. The molecule has 0 aliphatic rings. The van der Waals surface area contributed by atoms with Crippen LogP contribution in [0.2, 0.25) is 5.02 Å². The Morgan fingerprint density at radius 2 is 1.78 bits per heavy atom. The first-order valence-electron chi connectivity index (χ1n) is 8.07. The van der Waals surface area contributed by atoms with Gasteiger partial charge in [0, 0.05) is 21.5 Å². The Kier molecular flexibility index (Phi) is 5.42. The molecule has 0 atom stereocenters. The average molecular weight is 386 g/mol. The van der Waals surface area contributed by atoms with Crippen molar-refractivity contribution in [1.82, 2.24) is 16.2 Å². The van der Waals surface area contributed by atoms with Crippen molar-refractivity contribution in [2.45, 2.75) is 6.92 Å². The highest BCUT2D eigenvalue weighted by Gasteiger charge is 2.18. The van der Waals surface area contributed by atoms with Crippen molar-refractivity contribution in [3.63, 3.8) is 0 Å². The molecule has 0 aliphatic heterocycles. The topological polar surface area (TPSA) is 100 Å². The highest BCUT2D eigenvalue weighted by atomic mass is 35.5. The number of fused-ring (bicyclic) bond motifs is 1. The molecule has 0 unspecified atom stereocenters. The average Bonchev–Trinajstić information content (AvgIpc) is 3.01. The van der Waals surface area contributed by atoms with E-state index in [0.29, 0.717) is 21.7 Å². The minimum Gasteiger partial charge on any atom is -0.451 e. The second-order valence-corrected chi connectivity index (χ2v) is 6.18. The molecule has 0 spiro atoms. The molecule has 1 aromatic heterocycles. The zero-order chi connectivity index (χ0) is 19.4. The van der Waals surface area contributed by atoms with E-state index in [1.165, 1.54) is 6.07 Å². The van der Waals surface area contributed by atoms with Gasteiger partial charge in [0.15, 0.2) is 5.76 Å². The summed E-state index contributed by atoms with van der Waals surface area (Å²) in [6, 6.07) is 13.6. The normalized spacial score (nSPS) is 10.4. The maximum Gasteiger partial charge on any atom is 0.305 e. The molecule has 3 N–H and O–H groups in total. The van der Waals surface area contributed by atoms with E-state index in [0.717, 1.165) is 5.39 Å². The van der Waals surface area contributed by atoms with E-state index in [1.54, 1.807) is 37.3 Å². The van der Waals surface area contributed by atoms with Gasteiger partial charge in [-0.15, -0.1) is 0 Å². The fraction of sp³-hybridized carbons (Fsp3) is 0.105. The van der Waals surface area contributed by atoms with Gasteiger partial charge in [-0.25, -0.2) is 0 Å². The first-order chi connectivity index (χ1) is 13.0. The van der Waals surface area contributed by atoms with Crippen molar-refractivity contribution >= 4 is 40.3 Å². The molecular formula is C19H16ClN3O4. The number of hydrazine groups is 1. The van der Waals surface area contributed by atoms with Crippen LogP contribution in [0.4, 0.5) is 0 Å². The molecule has 27 heavy (non-hydrogen) atoms. The van der Waals surface area contributed by atoms with Gasteiger partial charge in [0.2, 0.25) is 0 Å². The predicted octanol–water partition coefficient (Wildman–Crippen LogP) is 2.59. The molecule has 2 aromatic carbocycles. The number of hydrogen-bond donors (Lipinski definition) is 3. The van der Waals surface area contributed by atoms with Crippen LogP contribution in [0.15, 0.2) is 52.9 Å². The molecule has 0 saturated heterocycles. The number of aryl methyl sites for hydroxylation is 1. The van der Waals surface area contributed by atoms with Gasteiger partial charge >= 0.3 is 5.91 Å². The Bertz CT molecular complexity index is 1030. The van der Waals surface area contributed by atoms with Crippen molar-refractivity contribution in [2.24, 2.45) is 0 Å². The van der Waals surface area contributed by atoms with Crippen LogP contribution >= 0.6 is 11.6 Å². The number of furan rings is 1. The van der Waals surface area contributed by atoms with E-state index in [1.807, 2.05) is 12.1 Å². The molecule has 3 amide bonds. The third-order valence-corrected chi connectivity index (χ3v) is 4.10. The van der Waals surface area contributed by atoms with Crippen molar-refractivity contribution in [2.75, 3.05) is 6.54 Å². The summed E-state index contributed by atoms with van der Waals surface area (Å²) in [6.07, 6.45) is 0. The standard InChI is InChI=1S/C19H16ClN3O4/c1-11-14-7-2-3-8-15(14)27-17(11)19(26)23-22-16(24)10-21-18(25)12-5-4-6-13(20)9-12/h2-9H,10H2,1H3,(H,21,25)(H,22,24)(H,23,26). The Morgan fingerprint density at radius 1 is 1.00 bits per heavy atom. The Hall–Kier alpha value is -3.32. The predicted molar refractivity (Wildman–Crippen MR) is 100 cm³/mol. The summed E-state index contributed by atoms with van der Waals surface area (Å²) in [4.78, 5) is 36.0. The van der Waals surface area contributed by atoms with E-state index in [2.05, 4.69) is 16.2 Å². The SMILES string of the molecule is Cc1c(C(=O)NNC(=O)CNC(=O)c2cccc(Cl)c2)oc2ccccc12. The van der Waals surface area contributed by atoms with Crippen molar-refractivity contribution < 1.29 is 18.8 Å². The largest absolute Gasteiger partial charge is 0.451 e. The van der Waals surface area contributed by atoms with Gasteiger partial charge in [0.1, 0.15) is 5.58 Å². The molecule has 7 nitrogen and oxygen atoms in total. The first kappa shape index (κ1) is 18.5. The van der Waals surface area contributed by atoms with E-state index in [-0.39, 0.29) is 12.3 Å². The molecule has 138 valence electrons. The van der Waals surface area contributed by atoms with Crippen LogP contribution in [0.25, 0.3) is 11.0 Å². The van der Waals surface area contributed by atoms with Gasteiger partial charge in [0.05, 0.1) is 6.54 Å². The molecule has 8 heteroatoms. The number of hydrogen-bond acceptors (Lipinski definition) is 4. The number of carbonyl (C=O) groups excluding carboxylic acids is 3. The zero-order valence-corrected chi connectivity index (χ0v) is 15.1. The van der Waals surface area contributed by atoms with Gasteiger partial charge < -0.3 is 9.73 Å².